The van der Waals surface area contributed by atoms with Crippen LogP contribution >= 0.6 is 24.0 Å². The Morgan fingerprint density at radius 3 is 1.89 bits per heavy atom. The van der Waals surface area contributed by atoms with Crippen LogP contribution in [0.3, 0.4) is 0 Å². The molecular formula is C36H28N4O4S2. The predicted molar refractivity (Wildman–Crippen MR) is 186 cm³/mol. The summed E-state index contributed by atoms with van der Waals surface area (Å²) in [5.74, 6) is -1.22. The molecule has 1 aliphatic rings. The number of hydrogen-bond acceptors (Lipinski definition) is 7. The number of carbonyl (C=O) groups excluding carboxylic acids is 2. The quantitative estimate of drug-likeness (QED) is 0.0603. The fourth-order valence-electron chi connectivity index (χ4n) is 5.64. The zero-order valence-electron chi connectivity index (χ0n) is 25.5. The van der Waals surface area contributed by atoms with Crippen molar-refractivity contribution in [3.8, 4) is 0 Å². The van der Waals surface area contributed by atoms with Crippen molar-refractivity contribution in [2.45, 2.75) is 37.5 Å². The maximum absolute atomic E-state index is 14.1. The third-order valence-electron chi connectivity index (χ3n) is 7.49. The van der Waals surface area contributed by atoms with Gasteiger partial charge >= 0.3 is 0 Å². The van der Waals surface area contributed by atoms with Gasteiger partial charge in [-0.2, -0.15) is 0 Å². The third kappa shape index (κ3) is 5.92. The summed E-state index contributed by atoms with van der Waals surface area (Å²) < 4.78 is 0. The first kappa shape index (κ1) is 30.8. The first-order chi connectivity index (χ1) is 22.0. The Morgan fingerprint density at radius 1 is 0.761 bits per heavy atom. The van der Waals surface area contributed by atoms with Crippen molar-refractivity contribution in [1.82, 2.24) is 4.98 Å². The summed E-state index contributed by atoms with van der Waals surface area (Å²) >= 11 is 7.05. The zero-order valence-corrected chi connectivity index (χ0v) is 27.1. The van der Waals surface area contributed by atoms with Gasteiger partial charge in [-0.3, -0.25) is 34.5 Å². The molecule has 0 aliphatic carbocycles. The molecular weight excluding hydrogens is 617 g/mol. The van der Waals surface area contributed by atoms with Gasteiger partial charge < -0.3 is 0 Å². The summed E-state index contributed by atoms with van der Waals surface area (Å²) in [6, 6.07) is 25.4. The molecule has 46 heavy (non-hydrogen) atoms. The van der Waals surface area contributed by atoms with Gasteiger partial charge in [-0.25, -0.2) is 0 Å². The van der Waals surface area contributed by atoms with Gasteiger partial charge in [-0.05, 0) is 116 Å². The SMILES string of the molecule is Cc1cc(C)cc(N2C(=O)C(=Cc3ccc(Sc4cccc5cccnc45)c([N+](=O)[O-])c3)C(=O)N(c3cc(C)cc(C)c3)C2=S)c1. The third-order valence-corrected chi connectivity index (χ3v) is 8.96. The van der Waals surface area contributed by atoms with Crippen LogP contribution in [-0.2, 0) is 9.59 Å². The molecule has 1 saturated heterocycles. The van der Waals surface area contributed by atoms with E-state index in [2.05, 4.69) is 4.98 Å². The Labute approximate surface area is 275 Å². The fraction of sp³-hybridized carbons (Fsp3) is 0.111. The average Bonchev–Trinajstić information content (AvgIpc) is 2.99. The number of rotatable bonds is 6. The highest BCUT2D eigenvalue weighted by Gasteiger charge is 2.41. The van der Waals surface area contributed by atoms with E-state index in [0.29, 0.717) is 21.8 Å². The molecule has 2 heterocycles. The number of aromatic nitrogens is 1. The summed E-state index contributed by atoms with van der Waals surface area (Å²) in [5, 5.41) is 13.2. The minimum Gasteiger partial charge on any atom is -0.268 e. The summed E-state index contributed by atoms with van der Waals surface area (Å²) in [7, 11) is 0. The number of fused-ring (bicyclic) bond motifs is 1. The summed E-state index contributed by atoms with van der Waals surface area (Å²) in [4.78, 5) is 48.4. The van der Waals surface area contributed by atoms with Crippen LogP contribution in [0, 0.1) is 37.8 Å². The molecule has 0 unspecified atom stereocenters. The van der Waals surface area contributed by atoms with Crippen LogP contribution in [0.2, 0.25) is 0 Å². The number of nitro groups is 1. The summed E-state index contributed by atoms with van der Waals surface area (Å²) in [5.41, 5.74) is 5.51. The number of pyridine rings is 1. The standard InChI is InChI=1S/C36H28N4O4S2/c1-21-13-22(2)16-27(15-21)38-34(41)29(35(42)39(36(38)45)28-17-23(3)14-24(4)18-28)19-25-10-11-31(30(20-25)40(43)44)46-32-9-5-7-26-8-6-12-37-33(26)32/h5-20H,1-4H3. The van der Waals surface area contributed by atoms with Crippen molar-refractivity contribution in [3.63, 3.8) is 0 Å². The second kappa shape index (κ2) is 12.3. The lowest BCUT2D eigenvalue weighted by Gasteiger charge is -2.37. The Morgan fingerprint density at radius 2 is 1.33 bits per heavy atom. The van der Waals surface area contributed by atoms with Crippen LogP contribution < -0.4 is 9.80 Å². The van der Waals surface area contributed by atoms with Crippen molar-refractivity contribution >= 4 is 74.9 Å². The molecule has 1 aliphatic heterocycles. The van der Waals surface area contributed by atoms with Crippen molar-refractivity contribution in [1.29, 1.82) is 0 Å². The van der Waals surface area contributed by atoms with Gasteiger partial charge in [0.05, 0.1) is 26.7 Å². The molecule has 5 aromatic rings. The number of carbonyl (C=O) groups is 2. The minimum atomic E-state index is -0.608. The fourth-order valence-corrected chi connectivity index (χ4v) is 7.04. The second-order valence-electron chi connectivity index (χ2n) is 11.2. The Bertz CT molecular complexity index is 2020. The zero-order chi connectivity index (χ0) is 32.7. The molecule has 8 nitrogen and oxygen atoms in total. The number of benzene rings is 4. The highest BCUT2D eigenvalue weighted by atomic mass is 32.2. The second-order valence-corrected chi connectivity index (χ2v) is 12.7. The monoisotopic (exact) mass is 644 g/mol. The number of para-hydroxylation sites is 1. The molecule has 1 aromatic heterocycles. The van der Waals surface area contributed by atoms with Gasteiger partial charge in [0.1, 0.15) is 5.57 Å². The molecule has 1 fully saturated rings. The van der Waals surface area contributed by atoms with Gasteiger partial charge in [0, 0.05) is 22.5 Å². The molecule has 0 spiro atoms. The predicted octanol–water partition coefficient (Wildman–Crippen LogP) is 8.28. The molecule has 4 aromatic carbocycles. The molecule has 2 amide bonds. The van der Waals surface area contributed by atoms with Crippen molar-refractivity contribution in [2.75, 3.05) is 9.80 Å². The maximum atomic E-state index is 14.1. The Kier molecular flexibility index (Phi) is 8.24. The largest absolute Gasteiger partial charge is 0.283 e. The van der Waals surface area contributed by atoms with Gasteiger partial charge in [-0.15, -0.1) is 0 Å². The lowest BCUT2D eigenvalue weighted by atomic mass is 10.0. The average molecular weight is 645 g/mol. The lowest BCUT2D eigenvalue weighted by molar-refractivity contribution is -0.387. The number of aryl methyl sites for hydroxylation is 4. The highest BCUT2D eigenvalue weighted by Crippen LogP contribution is 2.39. The van der Waals surface area contributed by atoms with Crippen molar-refractivity contribution in [3.05, 3.63) is 135 Å². The van der Waals surface area contributed by atoms with E-state index in [1.54, 1.807) is 18.3 Å². The minimum absolute atomic E-state index is 0.0311. The molecule has 228 valence electrons. The number of hydrogen-bond donors (Lipinski definition) is 0. The Hall–Kier alpha value is -5.19. The van der Waals surface area contributed by atoms with Gasteiger partial charge in [0.25, 0.3) is 17.5 Å². The van der Waals surface area contributed by atoms with E-state index in [9.17, 15) is 19.7 Å². The number of nitro benzene ring substituents is 1. The number of nitrogens with zero attached hydrogens (tertiary/aromatic N) is 4. The van der Waals surface area contributed by atoms with Crippen LogP contribution in [0.15, 0.2) is 106 Å². The summed E-state index contributed by atoms with van der Waals surface area (Å²) in [6.45, 7) is 7.68. The van der Waals surface area contributed by atoms with Crippen molar-refractivity contribution in [2.24, 2.45) is 0 Å². The molecule has 10 heteroatoms. The smallest absolute Gasteiger partial charge is 0.268 e. The van der Waals surface area contributed by atoms with E-state index in [4.69, 9.17) is 12.2 Å². The molecule has 0 bridgehead atoms. The van der Waals surface area contributed by atoms with Gasteiger partial charge in [0.2, 0.25) is 0 Å². The molecule has 0 N–H and O–H groups in total. The topological polar surface area (TPSA) is 96.6 Å². The Balaban J connectivity index is 1.46. The lowest BCUT2D eigenvalue weighted by Crippen LogP contribution is -2.57. The van der Waals surface area contributed by atoms with Crippen molar-refractivity contribution < 1.29 is 14.5 Å². The molecule has 0 atom stereocenters. The molecule has 6 rings (SSSR count). The number of amides is 2. The highest BCUT2D eigenvalue weighted by molar-refractivity contribution is 7.99. The summed E-state index contributed by atoms with van der Waals surface area (Å²) in [6.07, 6.45) is 3.08. The van der Waals surface area contributed by atoms with Crippen LogP contribution in [0.5, 0.6) is 0 Å². The number of anilines is 2. The first-order valence-corrected chi connectivity index (χ1v) is 15.6. The molecule has 0 radical (unpaired) electrons. The van der Waals surface area contributed by atoms with Crippen LogP contribution in [-0.4, -0.2) is 26.8 Å². The van der Waals surface area contributed by atoms with Crippen LogP contribution in [0.1, 0.15) is 27.8 Å². The first-order valence-electron chi connectivity index (χ1n) is 14.4. The van der Waals surface area contributed by atoms with E-state index >= 15 is 0 Å². The van der Waals surface area contributed by atoms with E-state index < -0.39 is 16.7 Å². The van der Waals surface area contributed by atoms with Crippen LogP contribution in [0.25, 0.3) is 17.0 Å². The van der Waals surface area contributed by atoms with Gasteiger partial charge in [-0.1, -0.05) is 48.2 Å². The normalized spacial score (nSPS) is 13.5. The van der Waals surface area contributed by atoms with Gasteiger partial charge in [0.15, 0.2) is 5.11 Å². The van der Waals surface area contributed by atoms with E-state index in [0.717, 1.165) is 38.1 Å². The van der Waals surface area contributed by atoms with E-state index in [-0.39, 0.29) is 16.4 Å². The maximum Gasteiger partial charge on any atom is 0.283 e. The van der Waals surface area contributed by atoms with E-state index in [1.807, 2.05) is 94.4 Å². The number of thiocarbonyl (C=S) groups is 1. The van der Waals surface area contributed by atoms with E-state index in [1.165, 1.54) is 33.7 Å². The van der Waals surface area contributed by atoms with Crippen LogP contribution in [0.4, 0.5) is 17.1 Å². The molecule has 0 saturated carbocycles.